The van der Waals surface area contributed by atoms with Gasteiger partial charge in [0.25, 0.3) is 0 Å². The van der Waals surface area contributed by atoms with Crippen molar-refractivity contribution in [2.75, 3.05) is 33.2 Å². The minimum atomic E-state index is -2.84. The Labute approximate surface area is 84.5 Å². The summed E-state index contributed by atoms with van der Waals surface area (Å²) in [5.74, 6) is 0. The number of hydrogen-bond acceptors (Lipinski definition) is 5. The van der Waals surface area contributed by atoms with Gasteiger partial charge >= 0.3 is 15.6 Å². The van der Waals surface area contributed by atoms with Crippen molar-refractivity contribution in [1.29, 1.82) is 0 Å². The second-order valence-electron chi connectivity index (χ2n) is 3.84. The van der Waals surface area contributed by atoms with Crippen LogP contribution in [0.25, 0.3) is 0 Å². The average Bonchev–Trinajstić information content (AvgIpc) is 2.08. The van der Waals surface area contributed by atoms with Crippen LogP contribution in [0.15, 0.2) is 0 Å². The van der Waals surface area contributed by atoms with Crippen molar-refractivity contribution in [1.82, 2.24) is 0 Å². The molecule has 0 saturated carbocycles. The summed E-state index contributed by atoms with van der Waals surface area (Å²) in [6.45, 7) is 5.72. The van der Waals surface area contributed by atoms with Gasteiger partial charge in [-0.15, -0.1) is 4.52 Å². The summed E-state index contributed by atoms with van der Waals surface area (Å²) in [5, 5.41) is 0. The van der Waals surface area contributed by atoms with Crippen LogP contribution in [0.2, 0.25) is 0 Å². The van der Waals surface area contributed by atoms with Gasteiger partial charge in [0.2, 0.25) is 0 Å². The lowest BCUT2D eigenvalue weighted by atomic mass is 9.95. The Kier molecular flexibility index (Phi) is 3.84. The average molecular weight is 241 g/mol. The molecule has 1 rings (SSSR count). The van der Waals surface area contributed by atoms with Gasteiger partial charge in [-0.1, -0.05) is 6.92 Å². The molecule has 1 aliphatic rings. The number of rotatable bonds is 3. The van der Waals surface area contributed by atoms with Crippen molar-refractivity contribution in [3.05, 3.63) is 0 Å². The topological polar surface area (TPSA) is 61.8 Å². The minimum absolute atomic E-state index is 0.290. The monoisotopic (exact) mass is 241 g/mol. The fraction of sp³-hybridized carbons (Fsp3) is 1.00. The van der Waals surface area contributed by atoms with Crippen molar-refractivity contribution in [3.63, 3.8) is 0 Å². The molecule has 1 saturated heterocycles. The SMILES string of the molecule is C[P+](=O)OCC1(C)COP(C)(=O)OC1. The van der Waals surface area contributed by atoms with E-state index in [0.717, 1.165) is 0 Å². The van der Waals surface area contributed by atoms with E-state index in [1.807, 2.05) is 6.92 Å². The fourth-order valence-corrected chi connectivity index (χ4v) is 2.62. The predicted octanol–water partition coefficient (Wildman–Crippen LogP) is 2.25. The molecule has 1 fully saturated rings. The van der Waals surface area contributed by atoms with Crippen LogP contribution in [-0.4, -0.2) is 33.2 Å². The van der Waals surface area contributed by atoms with Crippen molar-refractivity contribution in [2.45, 2.75) is 6.92 Å². The van der Waals surface area contributed by atoms with E-state index >= 15 is 0 Å². The summed E-state index contributed by atoms with van der Waals surface area (Å²) in [6.07, 6.45) is 0. The molecule has 0 amide bonds. The molecule has 0 aliphatic carbocycles. The molecule has 1 aliphatic heterocycles. The summed E-state index contributed by atoms with van der Waals surface area (Å²) >= 11 is 0. The maximum absolute atomic E-state index is 11.3. The minimum Gasteiger partial charge on any atom is -0.308 e. The molecule has 0 aromatic carbocycles. The van der Waals surface area contributed by atoms with E-state index < -0.39 is 15.6 Å². The third-order valence-electron chi connectivity index (χ3n) is 1.89. The number of hydrogen-bond donors (Lipinski definition) is 0. The van der Waals surface area contributed by atoms with Gasteiger partial charge in [0.1, 0.15) is 6.61 Å². The first-order chi connectivity index (χ1) is 6.33. The molecule has 0 aromatic rings. The third kappa shape index (κ3) is 3.76. The lowest BCUT2D eigenvalue weighted by Gasteiger charge is -2.33. The summed E-state index contributed by atoms with van der Waals surface area (Å²) in [5.41, 5.74) is -0.356. The zero-order valence-electron chi connectivity index (χ0n) is 8.56. The molecule has 0 aromatic heterocycles. The van der Waals surface area contributed by atoms with E-state index in [-0.39, 0.29) is 5.41 Å². The van der Waals surface area contributed by atoms with E-state index in [4.69, 9.17) is 13.6 Å². The first-order valence-corrected chi connectivity index (χ1v) is 7.85. The van der Waals surface area contributed by atoms with Gasteiger partial charge in [0.15, 0.2) is 6.66 Å². The van der Waals surface area contributed by atoms with Crippen molar-refractivity contribution in [3.8, 4) is 0 Å². The Hall–Kier alpha value is 0.210. The second kappa shape index (κ2) is 4.38. The van der Waals surface area contributed by atoms with Crippen LogP contribution in [0.5, 0.6) is 0 Å². The molecule has 0 bridgehead atoms. The highest BCUT2D eigenvalue weighted by molar-refractivity contribution is 7.53. The lowest BCUT2D eigenvalue weighted by Crippen LogP contribution is -2.36. The van der Waals surface area contributed by atoms with Gasteiger partial charge in [-0.3, -0.25) is 4.57 Å². The largest absolute Gasteiger partial charge is 0.504 e. The third-order valence-corrected chi connectivity index (χ3v) is 3.58. The molecule has 82 valence electrons. The highest BCUT2D eigenvalue weighted by Gasteiger charge is 2.38. The smallest absolute Gasteiger partial charge is 0.308 e. The standard InChI is InChI=1S/C7H15O5P2/c1-7(4-10-13(2)8)5-11-14(3,9)12-6-7/h4-6H2,1-3H3/q+1. The van der Waals surface area contributed by atoms with Crippen LogP contribution >= 0.6 is 15.6 Å². The van der Waals surface area contributed by atoms with Gasteiger partial charge in [0, 0.05) is 12.1 Å². The quantitative estimate of drug-likeness (QED) is 0.709. The molecule has 0 N–H and O–H groups in total. The van der Waals surface area contributed by atoms with Crippen LogP contribution in [0.4, 0.5) is 0 Å². The van der Waals surface area contributed by atoms with Crippen LogP contribution in [0, 0.1) is 5.41 Å². The Morgan fingerprint density at radius 2 is 2.00 bits per heavy atom. The van der Waals surface area contributed by atoms with Crippen LogP contribution in [0.1, 0.15) is 6.92 Å². The summed E-state index contributed by atoms with van der Waals surface area (Å²) < 4.78 is 37.2. The summed E-state index contributed by atoms with van der Waals surface area (Å²) in [7, 11) is -4.45. The van der Waals surface area contributed by atoms with E-state index in [0.29, 0.717) is 19.8 Å². The van der Waals surface area contributed by atoms with Crippen molar-refractivity contribution < 1.29 is 22.7 Å². The fourth-order valence-electron chi connectivity index (χ4n) is 0.955. The predicted molar refractivity (Wildman–Crippen MR) is 53.0 cm³/mol. The molecule has 0 radical (unpaired) electrons. The second-order valence-corrected chi connectivity index (χ2v) is 7.04. The lowest BCUT2D eigenvalue weighted by molar-refractivity contribution is 0.00271. The molecule has 7 heteroatoms. The summed E-state index contributed by atoms with van der Waals surface area (Å²) in [6, 6.07) is 0. The molecular weight excluding hydrogens is 226 g/mol. The zero-order valence-corrected chi connectivity index (χ0v) is 10.3. The molecule has 1 heterocycles. The van der Waals surface area contributed by atoms with E-state index in [1.165, 1.54) is 13.3 Å². The molecule has 0 spiro atoms. The van der Waals surface area contributed by atoms with Crippen molar-refractivity contribution >= 4 is 15.6 Å². The van der Waals surface area contributed by atoms with E-state index in [1.54, 1.807) is 0 Å². The molecule has 1 atom stereocenters. The Balaban J connectivity index is 2.45. The zero-order chi connectivity index (χ0) is 10.8. The van der Waals surface area contributed by atoms with Crippen LogP contribution < -0.4 is 0 Å². The van der Waals surface area contributed by atoms with Gasteiger partial charge in [-0.25, -0.2) is 0 Å². The first kappa shape index (κ1) is 12.3. The van der Waals surface area contributed by atoms with Gasteiger partial charge in [-0.2, -0.15) is 0 Å². The molecule has 5 nitrogen and oxygen atoms in total. The van der Waals surface area contributed by atoms with Gasteiger partial charge < -0.3 is 9.05 Å². The molecule has 14 heavy (non-hydrogen) atoms. The van der Waals surface area contributed by atoms with Gasteiger partial charge in [0.05, 0.1) is 13.2 Å². The Bertz CT molecular complexity index is 260. The maximum atomic E-state index is 11.3. The normalized spacial score (nSPS) is 39.5. The highest BCUT2D eigenvalue weighted by atomic mass is 31.2. The highest BCUT2D eigenvalue weighted by Crippen LogP contribution is 2.50. The Morgan fingerprint density at radius 1 is 1.50 bits per heavy atom. The Morgan fingerprint density at radius 3 is 2.43 bits per heavy atom. The molecule has 1 unspecified atom stereocenters. The van der Waals surface area contributed by atoms with Gasteiger partial charge in [-0.05, 0) is 4.57 Å². The van der Waals surface area contributed by atoms with E-state index in [2.05, 4.69) is 0 Å². The van der Waals surface area contributed by atoms with E-state index in [9.17, 15) is 9.13 Å². The maximum Gasteiger partial charge on any atom is 0.504 e. The molecular formula is C7H15O5P2+. The summed E-state index contributed by atoms with van der Waals surface area (Å²) in [4.78, 5) is 0. The van der Waals surface area contributed by atoms with Crippen LogP contribution in [0.3, 0.4) is 0 Å². The first-order valence-electron chi connectivity index (χ1n) is 4.23. The van der Waals surface area contributed by atoms with Crippen molar-refractivity contribution in [2.24, 2.45) is 5.41 Å². The van der Waals surface area contributed by atoms with Crippen LogP contribution in [-0.2, 0) is 22.7 Å².